The zero-order valence-electron chi connectivity index (χ0n) is 7.05. The van der Waals surface area contributed by atoms with Crippen LogP contribution in [0.25, 0.3) is 0 Å². The second kappa shape index (κ2) is 3.65. The SMILES string of the molecule is Cc1cccc(F)c1[C@@H](N)CN. The predicted octanol–water partition coefficient (Wildman–Crippen LogP) is 1.09. The lowest BCUT2D eigenvalue weighted by Gasteiger charge is -2.12. The molecule has 0 unspecified atom stereocenters. The fraction of sp³-hybridized carbons (Fsp3) is 0.333. The van der Waals surface area contributed by atoms with Gasteiger partial charge in [0.2, 0.25) is 0 Å². The summed E-state index contributed by atoms with van der Waals surface area (Å²) in [6.45, 7) is 2.09. The Bertz CT molecular complexity index is 253. The van der Waals surface area contributed by atoms with Gasteiger partial charge in [0.15, 0.2) is 0 Å². The monoisotopic (exact) mass is 168 g/mol. The fourth-order valence-corrected chi connectivity index (χ4v) is 1.23. The van der Waals surface area contributed by atoms with Crippen LogP contribution in [0.15, 0.2) is 18.2 Å². The first-order valence-electron chi connectivity index (χ1n) is 3.87. The van der Waals surface area contributed by atoms with E-state index in [-0.39, 0.29) is 12.4 Å². The largest absolute Gasteiger partial charge is 0.329 e. The van der Waals surface area contributed by atoms with Gasteiger partial charge in [0, 0.05) is 18.2 Å². The van der Waals surface area contributed by atoms with E-state index in [1.165, 1.54) is 6.07 Å². The van der Waals surface area contributed by atoms with Crippen LogP contribution in [-0.2, 0) is 0 Å². The lowest BCUT2D eigenvalue weighted by Crippen LogP contribution is -2.22. The summed E-state index contributed by atoms with van der Waals surface area (Å²) < 4.78 is 13.2. The van der Waals surface area contributed by atoms with Crippen LogP contribution in [0.4, 0.5) is 4.39 Å². The third-order valence-electron chi connectivity index (χ3n) is 1.90. The molecule has 1 atom stereocenters. The van der Waals surface area contributed by atoms with Gasteiger partial charge in [0.25, 0.3) is 0 Å². The smallest absolute Gasteiger partial charge is 0.128 e. The van der Waals surface area contributed by atoms with E-state index in [0.717, 1.165) is 5.56 Å². The number of aryl methyl sites for hydroxylation is 1. The molecule has 66 valence electrons. The molecule has 12 heavy (non-hydrogen) atoms. The Morgan fingerprint density at radius 3 is 2.67 bits per heavy atom. The molecule has 0 amide bonds. The van der Waals surface area contributed by atoms with Crippen molar-refractivity contribution in [1.29, 1.82) is 0 Å². The summed E-state index contributed by atoms with van der Waals surface area (Å²) in [5.74, 6) is -0.270. The van der Waals surface area contributed by atoms with E-state index in [1.807, 2.05) is 13.0 Å². The first-order chi connectivity index (χ1) is 5.66. The van der Waals surface area contributed by atoms with Crippen molar-refractivity contribution in [3.05, 3.63) is 35.1 Å². The van der Waals surface area contributed by atoms with Crippen LogP contribution in [-0.4, -0.2) is 6.54 Å². The van der Waals surface area contributed by atoms with E-state index in [0.29, 0.717) is 5.56 Å². The second-order valence-electron chi connectivity index (χ2n) is 2.81. The molecular formula is C9H13FN2. The maximum atomic E-state index is 13.2. The van der Waals surface area contributed by atoms with Gasteiger partial charge < -0.3 is 11.5 Å². The molecule has 0 radical (unpaired) electrons. The highest BCUT2D eigenvalue weighted by Crippen LogP contribution is 2.18. The quantitative estimate of drug-likeness (QED) is 0.694. The maximum absolute atomic E-state index is 13.2. The van der Waals surface area contributed by atoms with Gasteiger partial charge in [0.1, 0.15) is 5.82 Å². The highest BCUT2D eigenvalue weighted by molar-refractivity contribution is 5.30. The van der Waals surface area contributed by atoms with Crippen molar-refractivity contribution >= 4 is 0 Å². The third kappa shape index (κ3) is 1.62. The Hall–Kier alpha value is -0.930. The van der Waals surface area contributed by atoms with Crippen LogP contribution in [0.2, 0.25) is 0 Å². The van der Waals surface area contributed by atoms with Crippen molar-refractivity contribution < 1.29 is 4.39 Å². The van der Waals surface area contributed by atoms with Crippen molar-refractivity contribution in [2.75, 3.05) is 6.54 Å². The minimum Gasteiger partial charge on any atom is -0.329 e. The molecule has 4 N–H and O–H groups in total. The van der Waals surface area contributed by atoms with Gasteiger partial charge in [0.05, 0.1) is 0 Å². The molecule has 0 saturated heterocycles. The number of hydrogen-bond donors (Lipinski definition) is 2. The normalized spacial score (nSPS) is 13.0. The lowest BCUT2D eigenvalue weighted by molar-refractivity contribution is 0.581. The Morgan fingerprint density at radius 2 is 2.17 bits per heavy atom. The highest BCUT2D eigenvalue weighted by Gasteiger charge is 2.11. The van der Waals surface area contributed by atoms with E-state index in [2.05, 4.69) is 0 Å². The zero-order chi connectivity index (χ0) is 9.14. The predicted molar refractivity (Wildman–Crippen MR) is 47.1 cm³/mol. The Labute approximate surface area is 71.4 Å². The number of halogens is 1. The first kappa shape index (κ1) is 9.16. The van der Waals surface area contributed by atoms with Gasteiger partial charge in [-0.1, -0.05) is 12.1 Å². The van der Waals surface area contributed by atoms with Crippen molar-refractivity contribution in [1.82, 2.24) is 0 Å². The summed E-state index contributed by atoms with van der Waals surface area (Å²) >= 11 is 0. The topological polar surface area (TPSA) is 52.0 Å². The molecule has 0 heterocycles. The number of rotatable bonds is 2. The molecule has 0 aliphatic rings. The summed E-state index contributed by atoms with van der Waals surface area (Å²) in [4.78, 5) is 0. The first-order valence-corrected chi connectivity index (χ1v) is 3.87. The summed E-state index contributed by atoms with van der Waals surface area (Å²) in [6.07, 6.45) is 0. The molecule has 0 aromatic heterocycles. The minimum atomic E-state index is -0.397. The summed E-state index contributed by atoms with van der Waals surface area (Å²) in [5.41, 5.74) is 12.4. The molecule has 1 aromatic rings. The van der Waals surface area contributed by atoms with Crippen LogP contribution in [0, 0.1) is 12.7 Å². The molecular weight excluding hydrogens is 155 g/mol. The van der Waals surface area contributed by atoms with Gasteiger partial charge >= 0.3 is 0 Å². The van der Waals surface area contributed by atoms with E-state index >= 15 is 0 Å². The van der Waals surface area contributed by atoms with Crippen LogP contribution in [0.3, 0.4) is 0 Å². The number of hydrogen-bond acceptors (Lipinski definition) is 2. The maximum Gasteiger partial charge on any atom is 0.128 e. The van der Waals surface area contributed by atoms with E-state index in [9.17, 15) is 4.39 Å². The van der Waals surface area contributed by atoms with E-state index < -0.39 is 6.04 Å². The van der Waals surface area contributed by atoms with Gasteiger partial charge in [-0.25, -0.2) is 4.39 Å². The average Bonchev–Trinajstić information content (AvgIpc) is 2.03. The molecule has 3 heteroatoms. The molecule has 0 bridgehead atoms. The van der Waals surface area contributed by atoms with Crippen LogP contribution in [0.1, 0.15) is 17.2 Å². The van der Waals surface area contributed by atoms with Crippen LogP contribution < -0.4 is 11.5 Å². The zero-order valence-corrected chi connectivity index (χ0v) is 7.05. The summed E-state index contributed by atoms with van der Waals surface area (Å²) in [5, 5.41) is 0. The van der Waals surface area contributed by atoms with E-state index in [4.69, 9.17) is 11.5 Å². The molecule has 1 aromatic carbocycles. The number of nitrogens with two attached hydrogens (primary N) is 2. The van der Waals surface area contributed by atoms with Crippen molar-refractivity contribution in [3.8, 4) is 0 Å². The van der Waals surface area contributed by atoms with Gasteiger partial charge in [-0.05, 0) is 18.6 Å². The molecule has 0 aliphatic heterocycles. The Kier molecular flexibility index (Phi) is 2.78. The molecule has 0 spiro atoms. The molecule has 1 rings (SSSR count). The minimum absolute atomic E-state index is 0.266. The van der Waals surface area contributed by atoms with Gasteiger partial charge in [-0.2, -0.15) is 0 Å². The molecule has 0 saturated carbocycles. The second-order valence-corrected chi connectivity index (χ2v) is 2.81. The van der Waals surface area contributed by atoms with Crippen LogP contribution in [0.5, 0.6) is 0 Å². The third-order valence-corrected chi connectivity index (χ3v) is 1.90. The fourth-order valence-electron chi connectivity index (χ4n) is 1.23. The molecule has 2 nitrogen and oxygen atoms in total. The van der Waals surface area contributed by atoms with Gasteiger partial charge in [-0.3, -0.25) is 0 Å². The standard InChI is InChI=1S/C9H13FN2/c1-6-3-2-4-7(10)9(6)8(12)5-11/h2-4,8H,5,11-12H2,1H3/t8-/m0/s1. The highest BCUT2D eigenvalue weighted by atomic mass is 19.1. The molecule has 0 fully saturated rings. The van der Waals surface area contributed by atoms with Crippen molar-refractivity contribution in [2.45, 2.75) is 13.0 Å². The molecule has 0 aliphatic carbocycles. The summed E-state index contributed by atoms with van der Waals surface area (Å²) in [6, 6.07) is 4.50. The van der Waals surface area contributed by atoms with Crippen molar-refractivity contribution in [3.63, 3.8) is 0 Å². The Balaban J connectivity index is 3.12. The van der Waals surface area contributed by atoms with Gasteiger partial charge in [-0.15, -0.1) is 0 Å². The van der Waals surface area contributed by atoms with Crippen molar-refractivity contribution in [2.24, 2.45) is 11.5 Å². The van der Waals surface area contributed by atoms with Crippen LogP contribution >= 0.6 is 0 Å². The lowest BCUT2D eigenvalue weighted by atomic mass is 10.0. The summed E-state index contributed by atoms with van der Waals surface area (Å²) in [7, 11) is 0. The Morgan fingerprint density at radius 1 is 1.50 bits per heavy atom. The van der Waals surface area contributed by atoms with E-state index in [1.54, 1.807) is 6.07 Å². The number of benzene rings is 1. The average molecular weight is 168 g/mol.